The van der Waals surface area contributed by atoms with Gasteiger partial charge in [-0.05, 0) is 55.3 Å². The van der Waals surface area contributed by atoms with Gasteiger partial charge in [0.2, 0.25) is 5.91 Å². The largest absolute Gasteiger partial charge is 0.325 e. The Hall–Kier alpha value is -3.44. The van der Waals surface area contributed by atoms with E-state index in [-0.39, 0.29) is 13.0 Å². The van der Waals surface area contributed by atoms with Crippen LogP contribution >= 0.6 is 11.6 Å². The first-order chi connectivity index (χ1) is 14.7. The quantitative estimate of drug-likeness (QED) is 0.693. The van der Waals surface area contributed by atoms with Gasteiger partial charge in [0.25, 0.3) is 5.91 Å². The molecular weight excluding hydrogens is 423 g/mol. The van der Waals surface area contributed by atoms with Crippen molar-refractivity contribution in [3.63, 3.8) is 0 Å². The van der Waals surface area contributed by atoms with Gasteiger partial charge in [-0.1, -0.05) is 23.7 Å². The molecule has 2 aromatic rings. The molecule has 3 rings (SSSR count). The van der Waals surface area contributed by atoms with Gasteiger partial charge in [0, 0.05) is 17.3 Å². The van der Waals surface area contributed by atoms with E-state index in [1.54, 1.807) is 25.1 Å². The van der Waals surface area contributed by atoms with Crippen molar-refractivity contribution in [2.75, 3.05) is 18.0 Å². The van der Waals surface area contributed by atoms with E-state index in [0.717, 1.165) is 10.5 Å². The maximum atomic E-state index is 13.3. The van der Waals surface area contributed by atoms with Crippen LogP contribution in [0.15, 0.2) is 42.5 Å². The van der Waals surface area contributed by atoms with E-state index in [1.807, 2.05) is 6.07 Å². The smallest absolute Gasteiger partial charge is 0.319 e. The summed E-state index contributed by atoms with van der Waals surface area (Å²) in [6.45, 7) is 2.87. The SMILES string of the molecule is Cc1cc(N(CCC#N)C(=O)CN2C(=O)NC(C)(c3ccc(F)cc3)C2=O)ccc1Cl. The number of nitrogens with one attached hydrogen (secondary N) is 1. The fraction of sp³-hybridized carbons (Fsp3) is 0.273. The van der Waals surface area contributed by atoms with Gasteiger partial charge in [0.1, 0.15) is 17.9 Å². The Morgan fingerprint density at radius 2 is 1.94 bits per heavy atom. The second-order valence-electron chi connectivity index (χ2n) is 7.34. The fourth-order valence-electron chi connectivity index (χ4n) is 3.40. The molecule has 1 atom stereocenters. The number of urea groups is 1. The molecule has 1 saturated heterocycles. The number of hydrogen-bond acceptors (Lipinski definition) is 4. The minimum Gasteiger partial charge on any atom is -0.319 e. The summed E-state index contributed by atoms with van der Waals surface area (Å²) in [5, 5.41) is 12.1. The van der Waals surface area contributed by atoms with Crippen molar-refractivity contribution in [2.24, 2.45) is 0 Å². The summed E-state index contributed by atoms with van der Waals surface area (Å²) in [6, 6.07) is 11.5. The highest BCUT2D eigenvalue weighted by atomic mass is 35.5. The molecule has 9 heteroatoms. The standard InChI is InChI=1S/C22H20ClFN4O3/c1-14-12-17(8-9-18(14)23)27(11-3-10-25)19(29)13-28-20(30)22(2,26-21(28)31)15-4-6-16(24)7-5-15/h4-9,12H,3,11,13H2,1-2H3,(H,26,31). The van der Waals surface area contributed by atoms with Gasteiger partial charge < -0.3 is 10.2 Å². The number of amides is 4. The monoisotopic (exact) mass is 442 g/mol. The molecule has 1 aliphatic heterocycles. The minimum absolute atomic E-state index is 0.0703. The van der Waals surface area contributed by atoms with Gasteiger partial charge in [0.05, 0.1) is 12.5 Å². The van der Waals surface area contributed by atoms with Crippen LogP contribution in [0, 0.1) is 24.1 Å². The third-order valence-electron chi connectivity index (χ3n) is 5.19. The molecule has 1 heterocycles. The van der Waals surface area contributed by atoms with Crippen molar-refractivity contribution in [3.05, 3.63) is 64.4 Å². The number of carbonyl (C=O) groups excluding carboxylic acids is 3. The zero-order valence-corrected chi connectivity index (χ0v) is 17.7. The third-order valence-corrected chi connectivity index (χ3v) is 5.62. The van der Waals surface area contributed by atoms with E-state index in [9.17, 15) is 18.8 Å². The Morgan fingerprint density at radius 3 is 2.55 bits per heavy atom. The normalized spacial score (nSPS) is 18.0. The molecule has 7 nitrogen and oxygen atoms in total. The van der Waals surface area contributed by atoms with E-state index in [4.69, 9.17) is 16.9 Å². The molecule has 0 aromatic heterocycles. The Bertz CT molecular complexity index is 1080. The van der Waals surface area contributed by atoms with Crippen LogP contribution in [0.1, 0.15) is 24.5 Å². The number of imide groups is 1. The van der Waals surface area contributed by atoms with Crippen LogP contribution in [0.5, 0.6) is 0 Å². The average molecular weight is 443 g/mol. The number of hydrogen-bond donors (Lipinski definition) is 1. The zero-order chi connectivity index (χ0) is 22.8. The van der Waals surface area contributed by atoms with Crippen LogP contribution < -0.4 is 10.2 Å². The third kappa shape index (κ3) is 4.37. The second kappa shape index (κ2) is 8.74. The fourth-order valence-corrected chi connectivity index (χ4v) is 3.51. The predicted octanol–water partition coefficient (Wildman–Crippen LogP) is 3.50. The second-order valence-corrected chi connectivity index (χ2v) is 7.75. The molecule has 0 spiro atoms. The van der Waals surface area contributed by atoms with Crippen LogP contribution in [0.2, 0.25) is 5.02 Å². The first kappa shape index (κ1) is 22.2. The molecule has 0 radical (unpaired) electrons. The molecule has 1 aliphatic rings. The topological polar surface area (TPSA) is 93.5 Å². The number of benzene rings is 2. The van der Waals surface area contributed by atoms with Crippen molar-refractivity contribution in [1.82, 2.24) is 10.2 Å². The molecule has 31 heavy (non-hydrogen) atoms. The maximum Gasteiger partial charge on any atom is 0.325 e. The predicted molar refractivity (Wildman–Crippen MR) is 113 cm³/mol. The van der Waals surface area contributed by atoms with Gasteiger partial charge in [-0.25, -0.2) is 9.18 Å². The number of nitriles is 1. The van der Waals surface area contributed by atoms with Gasteiger partial charge in [-0.3, -0.25) is 14.5 Å². The molecule has 1 unspecified atom stereocenters. The lowest BCUT2D eigenvalue weighted by molar-refractivity contribution is -0.134. The van der Waals surface area contributed by atoms with Crippen LogP contribution in [-0.2, 0) is 15.1 Å². The first-order valence-electron chi connectivity index (χ1n) is 9.51. The number of aryl methyl sites for hydroxylation is 1. The summed E-state index contributed by atoms with van der Waals surface area (Å²) in [5.74, 6) is -1.61. The van der Waals surface area contributed by atoms with Crippen molar-refractivity contribution in [2.45, 2.75) is 25.8 Å². The summed E-state index contributed by atoms with van der Waals surface area (Å²) in [5.41, 5.74) is 0.236. The average Bonchev–Trinajstić information content (AvgIpc) is 2.95. The Kier molecular flexibility index (Phi) is 6.27. The Balaban J connectivity index is 1.85. The van der Waals surface area contributed by atoms with Crippen LogP contribution in [0.3, 0.4) is 0 Å². The molecular formula is C22H20ClFN4O3. The number of halogens is 2. The van der Waals surface area contributed by atoms with E-state index in [0.29, 0.717) is 16.3 Å². The van der Waals surface area contributed by atoms with Gasteiger partial charge in [-0.15, -0.1) is 0 Å². The summed E-state index contributed by atoms with van der Waals surface area (Å²) in [4.78, 5) is 40.8. The van der Waals surface area contributed by atoms with Crippen LogP contribution in [-0.4, -0.2) is 35.8 Å². The zero-order valence-electron chi connectivity index (χ0n) is 17.0. The lowest BCUT2D eigenvalue weighted by atomic mass is 9.92. The minimum atomic E-state index is -1.42. The van der Waals surface area contributed by atoms with E-state index < -0.39 is 35.7 Å². The number of anilines is 1. The molecule has 1 N–H and O–H groups in total. The lowest BCUT2D eigenvalue weighted by Gasteiger charge is -2.25. The van der Waals surface area contributed by atoms with Gasteiger partial charge in [0.15, 0.2) is 0 Å². The number of nitrogens with zero attached hydrogens (tertiary/aromatic N) is 3. The molecule has 0 aliphatic carbocycles. The molecule has 0 saturated carbocycles. The summed E-state index contributed by atoms with van der Waals surface area (Å²) in [7, 11) is 0. The highest BCUT2D eigenvalue weighted by molar-refractivity contribution is 6.31. The molecule has 160 valence electrons. The van der Waals surface area contributed by atoms with Crippen LogP contribution in [0.4, 0.5) is 14.9 Å². The lowest BCUT2D eigenvalue weighted by Crippen LogP contribution is -2.45. The highest BCUT2D eigenvalue weighted by Gasteiger charge is 2.49. The molecule has 1 fully saturated rings. The molecule has 0 bridgehead atoms. The van der Waals surface area contributed by atoms with Crippen molar-refractivity contribution in [1.29, 1.82) is 5.26 Å². The summed E-state index contributed by atoms with van der Waals surface area (Å²) < 4.78 is 13.3. The maximum absolute atomic E-state index is 13.3. The van der Waals surface area contributed by atoms with Crippen LogP contribution in [0.25, 0.3) is 0 Å². The van der Waals surface area contributed by atoms with Crippen molar-refractivity contribution in [3.8, 4) is 6.07 Å². The van der Waals surface area contributed by atoms with E-state index in [2.05, 4.69) is 5.32 Å². The summed E-state index contributed by atoms with van der Waals surface area (Å²) in [6.07, 6.45) is 0.0703. The molecule has 2 aromatic carbocycles. The van der Waals surface area contributed by atoms with Gasteiger partial charge >= 0.3 is 6.03 Å². The van der Waals surface area contributed by atoms with Crippen molar-refractivity contribution < 1.29 is 18.8 Å². The first-order valence-corrected chi connectivity index (χ1v) is 9.89. The van der Waals surface area contributed by atoms with Gasteiger partial charge in [-0.2, -0.15) is 5.26 Å². The Labute approximate surface area is 184 Å². The van der Waals surface area contributed by atoms with Crippen molar-refractivity contribution >= 4 is 35.1 Å². The number of rotatable bonds is 6. The highest BCUT2D eigenvalue weighted by Crippen LogP contribution is 2.29. The summed E-state index contributed by atoms with van der Waals surface area (Å²) >= 11 is 6.06. The molecule has 4 amide bonds. The van der Waals surface area contributed by atoms with E-state index >= 15 is 0 Å². The Morgan fingerprint density at radius 1 is 1.26 bits per heavy atom. The van der Waals surface area contributed by atoms with E-state index in [1.165, 1.54) is 36.1 Å². The number of carbonyl (C=O) groups is 3.